The number of nitrogens with two attached hydrogens (primary N) is 1. The molecule has 0 saturated heterocycles. The summed E-state index contributed by atoms with van der Waals surface area (Å²) in [7, 11) is 0. The van der Waals surface area contributed by atoms with Crippen LogP contribution in [0.2, 0.25) is 0 Å². The highest BCUT2D eigenvalue weighted by Gasteiger charge is 1.99. The third-order valence-corrected chi connectivity index (χ3v) is 2.38. The number of anilines is 1. The number of fused-ring (bicyclic) bond motifs is 1. The molecule has 0 aromatic carbocycles. The fraction of sp³-hybridized carbons (Fsp3) is 0. The van der Waals surface area contributed by atoms with Gasteiger partial charge in [0.1, 0.15) is 9.34 Å². The van der Waals surface area contributed by atoms with Gasteiger partial charge in [-0.2, -0.15) is 4.98 Å². The first-order chi connectivity index (χ1) is 5.27. The topological polar surface area (TPSA) is 67.6 Å². The maximum atomic E-state index is 5.47. The summed E-state index contributed by atoms with van der Waals surface area (Å²) in [5, 5.41) is 0.453. The molecule has 2 aromatic rings. The fourth-order valence-corrected chi connectivity index (χ4v) is 1.78. The lowest BCUT2D eigenvalue weighted by Gasteiger charge is -1.88. The minimum atomic E-state index is 0.453. The summed E-state index contributed by atoms with van der Waals surface area (Å²) in [6.07, 6.45) is 1.56. The summed E-state index contributed by atoms with van der Waals surface area (Å²) >= 11 is 6.30. The zero-order chi connectivity index (χ0) is 7.84. The summed E-state index contributed by atoms with van der Waals surface area (Å²) in [5.74, 6) is 0. The van der Waals surface area contributed by atoms with Crippen molar-refractivity contribution in [3.8, 4) is 0 Å². The number of hydrogen-bond donors (Lipinski definition) is 2. The molecule has 0 aliphatic rings. The van der Waals surface area contributed by atoms with E-state index in [1.807, 2.05) is 0 Å². The number of aromatic nitrogens is 3. The van der Waals surface area contributed by atoms with Crippen LogP contribution < -0.4 is 5.73 Å². The third kappa shape index (κ3) is 0.997. The third-order valence-electron chi connectivity index (χ3n) is 1.24. The van der Waals surface area contributed by atoms with Gasteiger partial charge in [0.25, 0.3) is 0 Å². The number of imidazole rings is 1. The minimum Gasteiger partial charge on any atom is -0.375 e. The lowest BCUT2D eigenvalue weighted by molar-refractivity contribution is 1.31. The molecule has 0 radical (unpaired) electrons. The molecule has 11 heavy (non-hydrogen) atoms. The van der Waals surface area contributed by atoms with Crippen molar-refractivity contribution in [2.45, 2.75) is 0 Å². The lowest BCUT2D eigenvalue weighted by atomic mass is 10.6. The van der Waals surface area contributed by atoms with Crippen molar-refractivity contribution >= 4 is 39.9 Å². The Hall–Kier alpha value is -1.01. The van der Waals surface area contributed by atoms with Gasteiger partial charge in [0.05, 0.1) is 6.33 Å². The van der Waals surface area contributed by atoms with Crippen LogP contribution in [0.5, 0.6) is 0 Å². The van der Waals surface area contributed by atoms with E-state index in [1.165, 1.54) is 11.3 Å². The van der Waals surface area contributed by atoms with Gasteiger partial charge in [0, 0.05) is 0 Å². The van der Waals surface area contributed by atoms with Crippen molar-refractivity contribution in [2.24, 2.45) is 0 Å². The van der Waals surface area contributed by atoms with E-state index < -0.39 is 0 Å². The average molecular weight is 184 g/mol. The molecule has 0 aliphatic carbocycles. The first kappa shape index (κ1) is 6.68. The maximum absolute atomic E-state index is 5.47. The highest BCUT2D eigenvalue weighted by Crippen LogP contribution is 2.16. The zero-order valence-corrected chi connectivity index (χ0v) is 7.00. The summed E-state index contributed by atoms with van der Waals surface area (Å²) in [4.78, 5) is 10.8. The van der Waals surface area contributed by atoms with Crippen molar-refractivity contribution < 1.29 is 0 Å². The van der Waals surface area contributed by atoms with Crippen molar-refractivity contribution in [1.29, 1.82) is 0 Å². The first-order valence-electron chi connectivity index (χ1n) is 2.87. The van der Waals surface area contributed by atoms with E-state index in [0.717, 1.165) is 5.52 Å². The Kier molecular flexibility index (Phi) is 1.36. The van der Waals surface area contributed by atoms with E-state index in [1.54, 1.807) is 6.33 Å². The van der Waals surface area contributed by atoms with E-state index in [0.29, 0.717) is 14.6 Å². The molecule has 4 nitrogen and oxygen atoms in total. The van der Waals surface area contributed by atoms with Crippen LogP contribution in [0.4, 0.5) is 5.13 Å². The van der Waals surface area contributed by atoms with Gasteiger partial charge >= 0.3 is 0 Å². The molecule has 2 aromatic heterocycles. The average Bonchev–Trinajstić information content (AvgIpc) is 2.34. The number of nitrogen functional groups attached to an aromatic ring is 1. The molecular formula is C5H4N4S2. The van der Waals surface area contributed by atoms with E-state index in [2.05, 4.69) is 15.0 Å². The van der Waals surface area contributed by atoms with Gasteiger partial charge < -0.3 is 10.7 Å². The molecule has 3 N–H and O–H groups in total. The van der Waals surface area contributed by atoms with Crippen molar-refractivity contribution in [3.63, 3.8) is 0 Å². The molecule has 6 heteroatoms. The number of aromatic amines is 1. The maximum Gasteiger partial charge on any atom is 0.183 e. The van der Waals surface area contributed by atoms with Gasteiger partial charge in [-0.25, -0.2) is 4.98 Å². The summed E-state index contributed by atoms with van der Waals surface area (Å²) in [5.41, 5.74) is 6.85. The van der Waals surface area contributed by atoms with Gasteiger partial charge in [-0.3, -0.25) is 0 Å². The number of nitrogens with one attached hydrogen (secondary N) is 1. The van der Waals surface area contributed by atoms with Crippen LogP contribution >= 0.6 is 23.6 Å². The van der Waals surface area contributed by atoms with Crippen LogP contribution in [0.1, 0.15) is 0 Å². The van der Waals surface area contributed by atoms with Crippen molar-refractivity contribution in [2.75, 3.05) is 5.73 Å². The van der Waals surface area contributed by atoms with Crippen LogP contribution in [-0.2, 0) is 0 Å². The Bertz CT molecular complexity index is 443. The normalized spacial score (nSPS) is 10.5. The molecular weight excluding hydrogens is 180 g/mol. The van der Waals surface area contributed by atoms with Gasteiger partial charge in [-0.15, -0.1) is 0 Å². The predicted molar refractivity (Wildman–Crippen MR) is 47.0 cm³/mol. The molecule has 0 aliphatic heterocycles. The Morgan fingerprint density at radius 1 is 1.64 bits per heavy atom. The van der Waals surface area contributed by atoms with Crippen LogP contribution in [0.25, 0.3) is 11.2 Å². The predicted octanol–water partition coefficient (Wildman–Crippen LogP) is 1.33. The first-order valence-corrected chi connectivity index (χ1v) is 4.09. The Morgan fingerprint density at radius 3 is 3.27 bits per heavy atom. The number of nitrogens with zero attached hydrogens (tertiary/aromatic N) is 2. The second kappa shape index (κ2) is 2.24. The van der Waals surface area contributed by atoms with Crippen molar-refractivity contribution in [3.05, 3.63) is 10.2 Å². The second-order valence-corrected chi connectivity index (χ2v) is 3.64. The molecule has 0 spiro atoms. The molecule has 0 bridgehead atoms. The van der Waals surface area contributed by atoms with Gasteiger partial charge in [-0.1, -0.05) is 23.6 Å². The van der Waals surface area contributed by atoms with Gasteiger partial charge in [0.2, 0.25) is 0 Å². The SMILES string of the molecule is Nc1nc2nc[nH]c2c(=S)s1. The van der Waals surface area contributed by atoms with E-state index in [4.69, 9.17) is 18.0 Å². The highest BCUT2D eigenvalue weighted by atomic mass is 32.1. The summed E-state index contributed by atoms with van der Waals surface area (Å²) < 4.78 is 0.699. The molecule has 0 amide bonds. The van der Waals surface area contributed by atoms with E-state index in [9.17, 15) is 0 Å². The zero-order valence-electron chi connectivity index (χ0n) is 5.37. The Balaban J connectivity index is 3.02. The summed E-state index contributed by atoms with van der Waals surface area (Å²) in [6, 6.07) is 0. The smallest absolute Gasteiger partial charge is 0.183 e. The summed E-state index contributed by atoms with van der Waals surface area (Å²) in [6.45, 7) is 0. The largest absolute Gasteiger partial charge is 0.375 e. The van der Waals surface area contributed by atoms with Crippen LogP contribution in [-0.4, -0.2) is 15.0 Å². The van der Waals surface area contributed by atoms with E-state index >= 15 is 0 Å². The number of hydrogen-bond acceptors (Lipinski definition) is 5. The van der Waals surface area contributed by atoms with Crippen molar-refractivity contribution in [1.82, 2.24) is 15.0 Å². The Morgan fingerprint density at radius 2 is 2.45 bits per heavy atom. The molecule has 2 heterocycles. The molecule has 0 atom stereocenters. The fourth-order valence-electron chi connectivity index (χ4n) is 0.795. The Labute approximate surface area is 71.1 Å². The minimum absolute atomic E-state index is 0.453. The quantitative estimate of drug-likeness (QED) is 0.606. The monoisotopic (exact) mass is 184 g/mol. The number of rotatable bonds is 0. The van der Waals surface area contributed by atoms with Crippen LogP contribution in [0.15, 0.2) is 6.33 Å². The molecule has 56 valence electrons. The van der Waals surface area contributed by atoms with Gasteiger partial charge in [-0.05, 0) is 0 Å². The highest BCUT2D eigenvalue weighted by molar-refractivity contribution is 7.74. The molecule has 2 rings (SSSR count). The van der Waals surface area contributed by atoms with Crippen LogP contribution in [0.3, 0.4) is 0 Å². The lowest BCUT2D eigenvalue weighted by Crippen LogP contribution is -1.86. The standard InChI is InChI=1S/C5H4N4S2/c6-5-9-3-2(4(10)11-5)7-1-8-3/h1H,(H2,6,9)(H,7,8). The molecule has 0 saturated carbocycles. The molecule has 0 fully saturated rings. The van der Waals surface area contributed by atoms with Gasteiger partial charge in [0.15, 0.2) is 10.8 Å². The van der Waals surface area contributed by atoms with Crippen LogP contribution in [0, 0.1) is 3.82 Å². The number of H-pyrrole nitrogens is 1. The van der Waals surface area contributed by atoms with E-state index in [-0.39, 0.29) is 0 Å². The molecule has 0 unspecified atom stereocenters. The second-order valence-electron chi connectivity index (χ2n) is 1.94.